The molecule has 1 aliphatic heterocycles. The van der Waals surface area contributed by atoms with Crippen molar-refractivity contribution in [3.05, 3.63) is 46.0 Å². The highest BCUT2D eigenvalue weighted by Gasteiger charge is 2.24. The Morgan fingerprint density at radius 3 is 2.76 bits per heavy atom. The number of aryl methyl sites for hydroxylation is 1. The summed E-state index contributed by atoms with van der Waals surface area (Å²) in [5.41, 5.74) is 2.67. The molecule has 1 aliphatic rings. The van der Waals surface area contributed by atoms with Gasteiger partial charge in [-0.2, -0.15) is 5.26 Å². The van der Waals surface area contributed by atoms with Crippen LogP contribution in [0.2, 0.25) is 0 Å². The lowest BCUT2D eigenvalue weighted by atomic mass is 10.1. The van der Waals surface area contributed by atoms with Crippen molar-refractivity contribution in [2.75, 3.05) is 26.2 Å². The molecule has 1 saturated heterocycles. The second-order valence-electron chi connectivity index (χ2n) is 6.13. The summed E-state index contributed by atoms with van der Waals surface area (Å²) in [6, 6.07) is 9.85. The molecule has 1 aromatic carbocycles. The van der Waals surface area contributed by atoms with E-state index in [-0.39, 0.29) is 5.91 Å². The van der Waals surface area contributed by atoms with Crippen LogP contribution in [-0.4, -0.2) is 51.5 Å². The van der Waals surface area contributed by atoms with Crippen LogP contribution in [-0.2, 0) is 13.0 Å². The van der Waals surface area contributed by atoms with Crippen molar-refractivity contribution < 1.29 is 4.79 Å². The van der Waals surface area contributed by atoms with E-state index in [2.05, 4.69) is 20.6 Å². The second kappa shape index (κ2) is 8.19. The third-order valence-electron chi connectivity index (χ3n) is 4.45. The van der Waals surface area contributed by atoms with Crippen LogP contribution in [0.5, 0.6) is 0 Å². The number of amides is 1. The van der Waals surface area contributed by atoms with E-state index in [1.807, 2.05) is 36.1 Å². The van der Waals surface area contributed by atoms with Crippen molar-refractivity contribution in [2.45, 2.75) is 26.3 Å². The van der Waals surface area contributed by atoms with Gasteiger partial charge in [0.05, 0.1) is 17.3 Å². The van der Waals surface area contributed by atoms with Gasteiger partial charge in [0.1, 0.15) is 4.88 Å². The van der Waals surface area contributed by atoms with E-state index in [1.165, 1.54) is 17.1 Å². The Hall–Kier alpha value is -2.30. The minimum Gasteiger partial charge on any atom is -0.337 e. The van der Waals surface area contributed by atoms with E-state index in [0.717, 1.165) is 51.3 Å². The summed E-state index contributed by atoms with van der Waals surface area (Å²) in [6.45, 7) is 6.13. The molecule has 7 heteroatoms. The van der Waals surface area contributed by atoms with Crippen molar-refractivity contribution >= 4 is 17.4 Å². The first-order valence-electron chi connectivity index (χ1n) is 8.53. The average molecular weight is 355 g/mol. The van der Waals surface area contributed by atoms with Crippen molar-refractivity contribution in [3.63, 3.8) is 0 Å². The summed E-state index contributed by atoms with van der Waals surface area (Å²) in [4.78, 5) is 17.7. The Labute approximate surface area is 151 Å². The monoisotopic (exact) mass is 355 g/mol. The molecule has 2 heterocycles. The molecule has 0 N–H and O–H groups in total. The van der Waals surface area contributed by atoms with Crippen LogP contribution in [0.3, 0.4) is 0 Å². The van der Waals surface area contributed by atoms with Gasteiger partial charge in [-0.05, 0) is 42.1 Å². The van der Waals surface area contributed by atoms with Gasteiger partial charge in [0.15, 0.2) is 0 Å². The van der Waals surface area contributed by atoms with Gasteiger partial charge in [-0.1, -0.05) is 23.5 Å². The molecule has 25 heavy (non-hydrogen) atoms. The van der Waals surface area contributed by atoms with E-state index in [9.17, 15) is 4.79 Å². The van der Waals surface area contributed by atoms with Crippen molar-refractivity contribution in [1.29, 1.82) is 5.26 Å². The van der Waals surface area contributed by atoms with Crippen molar-refractivity contribution in [3.8, 4) is 6.07 Å². The third kappa shape index (κ3) is 4.21. The SMILES string of the molecule is CCc1nnsc1C(=O)N1CCCN(Cc2ccc(C#N)cc2)CC1. The Balaban J connectivity index is 1.60. The zero-order valence-corrected chi connectivity index (χ0v) is 15.1. The normalized spacial score (nSPS) is 15.6. The maximum absolute atomic E-state index is 12.7. The quantitative estimate of drug-likeness (QED) is 0.841. The van der Waals surface area contributed by atoms with Crippen molar-refractivity contribution in [1.82, 2.24) is 19.4 Å². The van der Waals surface area contributed by atoms with Crippen LogP contribution in [0, 0.1) is 11.3 Å². The van der Waals surface area contributed by atoms with Gasteiger partial charge >= 0.3 is 0 Å². The highest BCUT2D eigenvalue weighted by molar-refractivity contribution is 7.08. The topological polar surface area (TPSA) is 73.1 Å². The summed E-state index contributed by atoms with van der Waals surface area (Å²) in [5, 5.41) is 12.9. The van der Waals surface area contributed by atoms with Crippen molar-refractivity contribution in [2.24, 2.45) is 0 Å². The van der Waals surface area contributed by atoms with Gasteiger partial charge in [-0.15, -0.1) is 5.10 Å². The molecule has 0 unspecified atom stereocenters. The van der Waals surface area contributed by atoms with Crippen LogP contribution < -0.4 is 0 Å². The van der Waals surface area contributed by atoms with Gasteiger partial charge in [-0.3, -0.25) is 9.69 Å². The maximum atomic E-state index is 12.7. The first-order chi connectivity index (χ1) is 12.2. The number of rotatable bonds is 4. The summed E-state index contributed by atoms with van der Waals surface area (Å²) in [7, 11) is 0. The van der Waals surface area contributed by atoms with Crippen LogP contribution in [0.1, 0.15) is 39.8 Å². The smallest absolute Gasteiger partial charge is 0.267 e. The van der Waals surface area contributed by atoms with E-state index < -0.39 is 0 Å². The van der Waals surface area contributed by atoms with Gasteiger partial charge in [0.25, 0.3) is 5.91 Å². The molecule has 130 valence electrons. The Bertz CT molecular complexity index is 765. The number of hydrogen-bond donors (Lipinski definition) is 0. The van der Waals surface area contributed by atoms with Crippen LogP contribution >= 0.6 is 11.5 Å². The lowest BCUT2D eigenvalue weighted by Gasteiger charge is -2.21. The molecule has 1 aromatic heterocycles. The highest BCUT2D eigenvalue weighted by Crippen LogP contribution is 2.17. The summed E-state index contributed by atoms with van der Waals surface area (Å²) < 4.78 is 3.93. The number of nitriles is 1. The van der Waals surface area contributed by atoms with E-state index in [1.54, 1.807) is 0 Å². The van der Waals surface area contributed by atoms with E-state index in [4.69, 9.17) is 5.26 Å². The number of carbonyl (C=O) groups is 1. The lowest BCUT2D eigenvalue weighted by molar-refractivity contribution is 0.0764. The molecule has 3 rings (SSSR count). The molecule has 0 atom stereocenters. The van der Waals surface area contributed by atoms with E-state index in [0.29, 0.717) is 10.4 Å². The molecule has 6 nitrogen and oxygen atoms in total. The lowest BCUT2D eigenvalue weighted by Crippen LogP contribution is -2.35. The van der Waals surface area contributed by atoms with E-state index >= 15 is 0 Å². The van der Waals surface area contributed by atoms with Gasteiger partial charge in [0.2, 0.25) is 0 Å². The fourth-order valence-electron chi connectivity index (χ4n) is 3.02. The maximum Gasteiger partial charge on any atom is 0.267 e. The number of carbonyl (C=O) groups excluding carboxylic acids is 1. The minimum atomic E-state index is 0.0621. The standard InChI is InChI=1S/C18H21N5OS/c1-2-16-17(25-21-20-16)18(24)23-9-3-8-22(10-11-23)13-15-6-4-14(12-19)5-7-15/h4-7H,2-3,8-11,13H2,1H3. The van der Waals surface area contributed by atoms with Crippen LogP contribution in [0.25, 0.3) is 0 Å². The predicted octanol–water partition coefficient (Wildman–Crippen LogP) is 2.32. The minimum absolute atomic E-state index is 0.0621. The van der Waals surface area contributed by atoms with Gasteiger partial charge < -0.3 is 4.90 Å². The number of benzene rings is 1. The first kappa shape index (κ1) is 17.5. The van der Waals surface area contributed by atoms with Crippen LogP contribution in [0.15, 0.2) is 24.3 Å². The fraction of sp³-hybridized carbons (Fsp3) is 0.444. The molecule has 1 amide bonds. The average Bonchev–Trinajstić information content (AvgIpc) is 3.01. The van der Waals surface area contributed by atoms with Gasteiger partial charge in [0, 0.05) is 32.7 Å². The Morgan fingerprint density at radius 1 is 1.24 bits per heavy atom. The first-order valence-corrected chi connectivity index (χ1v) is 9.30. The molecule has 0 radical (unpaired) electrons. The zero-order chi connectivity index (χ0) is 17.6. The molecule has 1 fully saturated rings. The summed E-state index contributed by atoms with van der Waals surface area (Å²) >= 11 is 1.20. The van der Waals surface area contributed by atoms with Crippen LogP contribution in [0.4, 0.5) is 0 Å². The zero-order valence-electron chi connectivity index (χ0n) is 14.3. The predicted molar refractivity (Wildman–Crippen MR) is 96.2 cm³/mol. The summed E-state index contributed by atoms with van der Waals surface area (Å²) in [6.07, 6.45) is 1.69. The number of aromatic nitrogens is 2. The number of nitrogens with zero attached hydrogens (tertiary/aromatic N) is 5. The van der Waals surface area contributed by atoms with Gasteiger partial charge in [-0.25, -0.2) is 0 Å². The fourth-order valence-corrected chi connectivity index (χ4v) is 3.74. The highest BCUT2D eigenvalue weighted by atomic mass is 32.1. The molecule has 0 aliphatic carbocycles. The molecular formula is C18H21N5OS. The molecule has 0 bridgehead atoms. The second-order valence-corrected chi connectivity index (χ2v) is 6.89. The number of hydrogen-bond acceptors (Lipinski definition) is 6. The molecule has 0 saturated carbocycles. The third-order valence-corrected chi connectivity index (χ3v) is 5.21. The Morgan fingerprint density at radius 2 is 2.04 bits per heavy atom. The largest absolute Gasteiger partial charge is 0.337 e. The Kier molecular flexibility index (Phi) is 5.74. The molecular weight excluding hydrogens is 334 g/mol. The molecule has 0 spiro atoms. The molecule has 2 aromatic rings. The summed E-state index contributed by atoms with van der Waals surface area (Å²) in [5.74, 6) is 0.0621.